The second-order valence-corrected chi connectivity index (χ2v) is 4.26. The molecular formula is C12H14ClNO3. The monoisotopic (exact) mass is 255 g/mol. The molecular weight excluding hydrogens is 242 g/mol. The van der Waals surface area contributed by atoms with Crippen LogP contribution >= 0.6 is 11.6 Å². The number of non-ortho nitro benzene ring substituents is 1. The zero-order valence-electron chi connectivity index (χ0n) is 9.39. The van der Waals surface area contributed by atoms with Crippen LogP contribution < -0.4 is 0 Å². The fraction of sp³-hybridized carbons (Fsp3) is 0.417. The third kappa shape index (κ3) is 5.45. The summed E-state index contributed by atoms with van der Waals surface area (Å²) in [4.78, 5) is 20.5. The standard InChI is InChI=1S/C12H14ClNO3/c13-12(15)5-3-1-2-4-10-6-8-11(9-7-10)14(16)17/h6-9H,1-5H2. The molecule has 0 amide bonds. The van der Waals surface area contributed by atoms with E-state index >= 15 is 0 Å². The largest absolute Gasteiger partial charge is 0.281 e. The molecule has 0 saturated heterocycles. The van der Waals surface area contributed by atoms with Crippen molar-refractivity contribution in [2.45, 2.75) is 32.1 Å². The Hall–Kier alpha value is -1.42. The number of carbonyl (C=O) groups is 1. The molecule has 1 rings (SSSR count). The van der Waals surface area contributed by atoms with Gasteiger partial charge in [0.2, 0.25) is 5.24 Å². The summed E-state index contributed by atoms with van der Waals surface area (Å²) in [5.41, 5.74) is 1.19. The zero-order valence-corrected chi connectivity index (χ0v) is 10.2. The minimum atomic E-state index is -0.407. The van der Waals surface area contributed by atoms with Crippen molar-refractivity contribution in [2.24, 2.45) is 0 Å². The molecule has 17 heavy (non-hydrogen) atoms. The number of hydrogen-bond acceptors (Lipinski definition) is 3. The molecule has 0 saturated carbocycles. The van der Waals surface area contributed by atoms with Gasteiger partial charge in [-0.25, -0.2) is 0 Å². The van der Waals surface area contributed by atoms with Gasteiger partial charge in [0.05, 0.1) is 4.92 Å². The van der Waals surface area contributed by atoms with Gasteiger partial charge in [-0.3, -0.25) is 14.9 Å². The third-order valence-corrected chi connectivity index (χ3v) is 2.67. The maximum atomic E-state index is 10.5. The summed E-state index contributed by atoms with van der Waals surface area (Å²) in [7, 11) is 0. The molecule has 0 radical (unpaired) electrons. The lowest BCUT2D eigenvalue weighted by Crippen LogP contribution is -1.91. The van der Waals surface area contributed by atoms with Gasteiger partial charge in [-0.2, -0.15) is 0 Å². The normalized spacial score (nSPS) is 10.2. The van der Waals surface area contributed by atoms with Crippen molar-refractivity contribution in [3.63, 3.8) is 0 Å². The van der Waals surface area contributed by atoms with E-state index in [0.717, 1.165) is 31.2 Å². The highest BCUT2D eigenvalue weighted by Gasteiger charge is 2.03. The Labute approximate surface area is 105 Å². The summed E-state index contributed by atoms with van der Waals surface area (Å²) in [5, 5.41) is 10.1. The fourth-order valence-electron chi connectivity index (χ4n) is 1.55. The summed E-state index contributed by atoms with van der Waals surface area (Å²) >= 11 is 5.22. The molecule has 0 aliphatic carbocycles. The van der Waals surface area contributed by atoms with Crippen LogP contribution in [-0.4, -0.2) is 10.2 Å². The summed E-state index contributed by atoms with van der Waals surface area (Å²) in [6, 6.07) is 6.56. The van der Waals surface area contributed by atoms with Crippen LogP contribution in [0.15, 0.2) is 24.3 Å². The van der Waals surface area contributed by atoms with E-state index in [0.29, 0.717) is 6.42 Å². The second-order valence-electron chi connectivity index (χ2n) is 3.84. The van der Waals surface area contributed by atoms with Gasteiger partial charge >= 0.3 is 0 Å². The van der Waals surface area contributed by atoms with E-state index < -0.39 is 4.92 Å². The van der Waals surface area contributed by atoms with E-state index in [9.17, 15) is 14.9 Å². The van der Waals surface area contributed by atoms with E-state index in [2.05, 4.69) is 0 Å². The molecule has 0 N–H and O–H groups in total. The van der Waals surface area contributed by atoms with Crippen LogP contribution in [0, 0.1) is 10.1 Å². The third-order valence-electron chi connectivity index (χ3n) is 2.49. The van der Waals surface area contributed by atoms with Crippen LogP contribution in [0.1, 0.15) is 31.2 Å². The van der Waals surface area contributed by atoms with Crippen LogP contribution in [0.3, 0.4) is 0 Å². The number of rotatable bonds is 7. The summed E-state index contributed by atoms with van der Waals surface area (Å²) in [6.07, 6.45) is 3.99. The Balaban J connectivity index is 2.27. The minimum Gasteiger partial charge on any atom is -0.281 e. The number of carbonyl (C=O) groups excluding carboxylic acids is 1. The molecule has 5 heteroatoms. The molecule has 4 nitrogen and oxygen atoms in total. The molecule has 0 heterocycles. The number of nitro benzene ring substituents is 1. The molecule has 0 aliphatic rings. The van der Waals surface area contributed by atoms with E-state index in [1.807, 2.05) is 0 Å². The van der Waals surface area contributed by atoms with Gasteiger partial charge in [0.1, 0.15) is 0 Å². The molecule has 0 bridgehead atoms. The zero-order chi connectivity index (χ0) is 12.7. The molecule has 0 atom stereocenters. The predicted octanol–water partition coefficient (Wildman–Crippen LogP) is 3.46. The van der Waals surface area contributed by atoms with E-state index in [1.165, 1.54) is 12.1 Å². The van der Waals surface area contributed by atoms with Crippen LogP contribution in [0.5, 0.6) is 0 Å². The van der Waals surface area contributed by atoms with Gasteiger partial charge in [-0.1, -0.05) is 18.6 Å². The lowest BCUT2D eigenvalue weighted by molar-refractivity contribution is -0.384. The van der Waals surface area contributed by atoms with Crippen molar-refractivity contribution in [1.29, 1.82) is 0 Å². The van der Waals surface area contributed by atoms with E-state index in [-0.39, 0.29) is 10.9 Å². The number of aryl methyl sites for hydroxylation is 1. The molecule has 92 valence electrons. The molecule has 1 aromatic carbocycles. The summed E-state index contributed by atoms with van der Waals surface area (Å²) in [6.45, 7) is 0. The molecule has 0 unspecified atom stereocenters. The Morgan fingerprint density at radius 3 is 2.35 bits per heavy atom. The quantitative estimate of drug-likeness (QED) is 0.324. The number of hydrogen-bond donors (Lipinski definition) is 0. The van der Waals surface area contributed by atoms with E-state index in [4.69, 9.17) is 11.6 Å². The topological polar surface area (TPSA) is 60.2 Å². The number of halogens is 1. The average molecular weight is 256 g/mol. The highest BCUT2D eigenvalue weighted by Crippen LogP contribution is 2.14. The second kappa shape index (κ2) is 7.01. The van der Waals surface area contributed by atoms with Crippen LogP contribution in [0.4, 0.5) is 5.69 Å². The highest BCUT2D eigenvalue weighted by molar-refractivity contribution is 6.63. The van der Waals surface area contributed by atoms with Gasteiger partial charge in [0.25, 0.3) is 5.69 Å². The Morgan fingerprint density at radius 2 is 1.82 bits per heavy atom. The van der Waals surface area contributed by atoms with Crippen molar-refractivity contribution >= 4 is 22.5 Å². The van der Waals surface area contributed by atoms with Crippen molar-refractivity contribution in [3.05, 3.63) is 39.9 Å². The summed E-state index contributed by atoms with van der Waals surface area (Å²) in [5.74, 6) is 0. The van der Waals surface area contributed by atoms with Gasteiger partial charge in [0.15, 0.2) is 0 Å². The summed E-state index contributed by atoms with van der Waals surface area (Å²) < 4.78 is 0. The first-order valence-corrected chi connectivity index (χ1v) is 5.89. The number of unbranched alkanes of at least 4 members (excludes halogenated alkanes) is 2. The maximum absolute atomic E-state index is 10.5. The van der Waals surface area contributed by atoms with Crippen LogP contribution in [0.25, 0.3) is 0 Å². The van der Waals surface area contributed by atoms with Gasteiger partial charge in [-0.05, 0) is 36.4 Å². The minimum absolute atomic E-state index is 0.112. The first-order valence-electron chi connectivity index (χ1n) is 5.51. The number of nitro groups is 1. The smallest absolute Gasteiger partial charge is 0.269 e. The Bertz CT molecular complexity index is 389. The van der Waals surface area contributed by atoms with Crippen molar-refractivity contribution < 1.29 is 9.72 Å². The Kier molecular flexibility index (Phi) is 5.63. The van der Waals surface area contributed by atoms with Gasteiger partial charge in [-0.15, -0.1) is 0 Å². The molecule has 1 aromatic rings. The fourth-order valence-corrected chi connectivity index (χ4v) is 1.69. The van der Waals surface area contributed by atoms with Crippen molar-refractivity contribution in [2.75, 3.05) is 0 Å². The van der Waals surface area contributed by atoms with Gasteiger partial charge < -0.3 is 0 Å². The van der Waals surface area contributed by atoms with E-state index in [1.54, 1.807) is 12.1 Å². The number of benzene rings is 1. The Morgan fingerprint density at radius 1 is 1.18 bits per heavy atom. The van der Waals surface area contributed by atoms with Crippen LogP contribution in [-0.2, 0) is 11.2 Å². The highest BCUT2D eigenvalue weighted by atomic mass is 35.5. The van der Waals surface area contributed by atoms with Crippen molar-refractivity contribution in [1.82, 2.24) is 0 Å². The lowest BCUT2D eigenvalue weighted by atomic mass is 10.1. The first kappa shape index (κ1) is 13.6. The SMILES string of the molecule is O=C(Cl)CCCCCc1ccc([N+](=O)[O-])cc1. The molecule has 0 fully saturated rings. The molecule has 0 aromatic heterocycles. The molecule has 0 spiro atoms. The van der Waals surface area contributed by atoms with Gasteiger partial charge in [0, 0.05) is 18.6 Å². The lowest BCUT2D eigenvalue weighted by Gasteiger charge is -2.00. The molecule has 0 aliphatic heterocycles. The van der Waals surface area contributed by atoms with Crippen LogP contribution in [0.2, 0.25) is 0 Å². The first-order chi connectivity index (χ1) is 8.09. The van der Waals surface area contributed by atoms with Crippen molar-refractivity contribution in [3.8, 4) is 0 Å². The predicted molar refractivity (Wildman–Crippen MR) is 66.1 cm³/mol. The average Bonchev–Trinajstić information content (AvgIpc) is 2.29. The number of nitrogens with zero attached hydrogens (tertiary/aromatic N) is 1. The maximum Gasteiger partial charge on any atom is 0.269 e.